The van der Waals surface area contributed by atoms with Gasteiger partial charge in [0.25, 0.3) is 5.91 Å². The smallest absolute Gasteiger partial charge is 0.255 e. The Morgan fingerprint density at radius 3 is 2.75 bits per heavy atom. The van der Waals surface area contributed by atoms with Gasteiger partial charge in [-0.25, -0.2) is 9.97 Å². The van der Waals surface area contributed by atoms with Gasteiger partial charge in [0.05, 0.1) is 17.3 Å². The minimum Gasteiger partial charge on any atom is -0.340 e. The Morgan fingerprint density at radius 1 is 1.12 bits per heavy atom. The first-order chi connectivity index (χ1) is 15.7. The summed E-state index contributed by atoms with van der Waals surface area (Å²) in [6.45, 7) is 2.73. The molecule has 0 unspecified atom stereocenters. The van der Waals surface area contributed by atoms with Crippen LogP contribution in [0, 0.1) is 6.92 Å². The second-order valence-corrected chi connectivity index (χ2v) is 8.95. The highest BCUT2D eigenvalue weighted by molar-refractivity contribution is 7.10. The largest absolute Gasteiger partial charge is 0.340 e. The fourth-order valence-corrected chi connectivity index (χ4v) is 4.69. The van der Waals surface area contributed by atoms with Crippen molar-refractivity contribution in [3.05, 3.63) is 88.6 Å². The Hall–Kier alpha value is -3.58. The maximum atomic E-state index is 13.2. The molecule has 4 heterocycles. The molecule has 4 aromatic rings. The number of carbonyl (C=O) groups is 1. The molecule has 1 fully saturated rings. The number of carbonyl (C=O) groups excluding carboxylic acids is 1. The van der Waals surface area contributed by atoms with Crippen molar-refractivity contribution in [2.45, 2.75) is 25.8 Å². The summed E-state index contributed by atoms with van der Waals surface area (Å²) in [5.74, 6) is 1.40. The number of benzene rings is 1. The average Bonchev–Trinajstić information content (AvgIpc) is 3.49. The maximum Gasteiger partial charge on any atom is 0.255 e. The summed E-state index contributed by atoms with van der Waals surface area (Å²) in [6.07, 6.45) is 5.32. The molecule has 0 saturated carbocycles. The van der Waals surface area contributed by atoms with E-state index in [9.17, 15) is 4.79 Å². The molecule has 1 N–H and O–H groups in total. The zero-order valence-corrected chi connectivity index (χ0v) is 18.5. The van der Waals surface area contributed by atoms with Gasteiger partial charge in [-0.1, -0.05) is 18.2 Å². The van der Waals surface area contributed by atoms with Crippen molar-refractivity contribution in [3.63, 3.8) is 0 Å². The van der Waals surface area contributed by atoms with Gasteiger partial charge in [-0.15, -0.1) is 11.3 Å². The summed E-state index contributed by atoms with van der Waals surface area (Å²) in [6, 6.07) is 17.5. The van der Waals surface area contributed by atoms with E-state index in [1.807, 2.05) is 71.8 Å². The molecule has 3 aromatic heterocycles. The van der Waals surface area contributed by atoms with E-state index in [0.717, 1.165) is 40.2 Å². The molecule has 0 spiro atoms. The van der Waals surface area contributed by atoms with Crippen LogP contribution in [-0.4, -0.2) is 32.3 Å². The third-order valence-electron chi connectivity index (χ3n) is 5.54. The quantitative estimate of drug-likeness (QED) is 0.435. The Bertz CT molecular complexity index is 1230. The van der Waals surface area contributed by atoms with Crippen molar-refractivity contribution in [2.24, 2.45) is 0 Å². The number of thiophene rings is 1. The van der Waals surface area contributed by atoms with Crippen molar-refractivity contribution < 1.29 is 4.79 Å². The van der Waals surface area contributed by atoms with Gasteiger partial charge >= 0.3 is 0 Å². The van der Waals surface area contributed by atoms with Crippen LogP contribution in [0.2, 0.25) is 0 Å². The standard InChI is InChI=1S/C25H23N5OS/c1-17-13-19(16-32-17)25(31)30-12-6-10-22(30)24-28-21(18-7-5-11-26-15-18)14-23(29-24)27-20-8-3-2-4-9-20/h2-5,7-9,11,13-16,22H,6,10,12H2,1H3,(H,27,28,29)/t22-/m0/s1. The molecule has 1 amide bonds. The fourth-order valence-electron chi connectivity index (χ4n) is 4.01. The van der Waals surface area contributed by atoms with Crippen LogP contribution in [0.5, 0.6) is 0 Å². The normalized spacial score (nSPS) is 15.7. The van der Waals surface area contributed by atoms with Gasteiger partial charge < -0.3 is 10.2 Å². The lowest BCUT2D eigenvalue weighted by molar-refractivity contribution is 0.0730. The number of para-hydroxylation sites is 1. The maximum absolute atomic E-state index is 13.2. The molecular weight excluding hydrogens is 418 g/mol. The highest BCUT2D eigenvalue weighted by Gasteiger charge is 2.33. The number of pyridine rings is 1. The predicted molar refractivity (Wildman–Crippen MR) is 127 cm³/mol. The molecule has 0 bridgehead atoms. The highest BCUT2D eigenvalue weighted by atomic mass is 32.1. The second kappa shape index (κ2) is 8.88. The van der Waals surface area contributed by atoms with Gasteiger partial charge in [0, 0.05) is 46.5 Å². The minimum atomic E-state index is -0.157. The van der Waals surface area contributed by atoms with Crippen molar-refractivity contribution >= 4 is 28.7 Å². The number of nitrogens with one attached hydrogen (secondary N) is 1. The molecule has 1 saturated heterocycles. The Morgan fingerprint density at radius 2 is 2.00 bits per heavy atom. The van der Waals surface area contributed by atoms with E-state index in [4.69, 9.17) is 9.97 Å². The number of rotatable bonds is 5. The van der Waals surface area contributed by atoms with Gasteiger partial charge in [0.15, 0.2) is 5.82 Å². The van der Waals surface area contributed by atoms with Crippen molar-refractivity contribution in [1.82, 2.24) is 19.9 Å². The first kappa shape index (κ1) is 20.3. The first-order valence-electron chi connectivity index (χ1n) is 10.6. The molecule has 0 radical (unpaired) electrons. The van der Waals surface area contributed by atoms with E-state index in [-0.39, 0.29) is 11.9 Å². The minimum absolute atomic E-state index is 0.0461. The lowest BCUT2D eigenvalue weighted by atomic mass is 10.1. The van der Waals surface area contributed by atoms with Crippen LogP contribution in [0.25, 0.3) is 11.3 Å². The van der Waals surface area contributed by atoms with E-state index in [2.05, 4.69) is 10.3 Å². The zero-order valence-electron chi connectivity index (χ0n) is 17.7. The van der Waals surface area contributed by atoms with Gasteiger partial charge in [0.1, 0.15) is 5.82 Å². The van der Waals surface area contributed by atoms with Crippen LogP contribution in [0.1, 0.15) is 39.9 Å². The summed E-state index contributed by atoms with van der Waals surface area (Å²) < 4.78 is 0. The van der Waals surface area contributed by atoms with Gasteiger partial charge in [-0.3, -0.25) is 9.78 Å². The summed E-state index contributed by atoms with van der Waals surface area (Å²) >= 11 is 1.60. The summed E-state index contributed by atoms with van der Waals surface area (Å²) in [7, 11) is 0. The molecule has 160 valence electrons. The molecule has 32 heavy (non-hydrogen) atoms. The summed E-state index contributed by atoms with van der Waals surface area (Å²) in [5.41, 5.74) is 3.39. The Balaban J connectivity index is 1.53. The fraction of sp³-hybridized carbons (Fsp3) is 0.200. The molecule has 1 atom stereocenters. The Labute approximate surface area is 191 Å². The van der Waals surface area contributed by atoms with E-state index in [1.54, 1.807) is 23.7 Å². The summed E-state index contributed by atoms with van der Waals surface area (Å²) in [4.78, 5) is 30.2. The van der Waals surface area contributed by atoms with Crippen LogP contribution in [0.3, 0.4) is 0 Å². The number of anilines is 2. The zero-order chi connectivity index (χ0) is 21.9. The monoisotopic (exact) mass is 441 g/mol. The third-order valence-corrected chi connectivity index (χ3v) is 6.40. The van der Waals surface area contributed by atoms with Crippen LogP contribution in [0.4, 0.5) is 11.5 Å². The van der Waals surface area contributed by atoms with Crippen molar-refractivity contribution in [2.75, 3.05) is 11.9 Å². The van der Waals surface area contributed by atoms with Crippen LogP contribution in [0.15, 0.2) is 72.4 Å². The van der Waals surface area contributed by atoms with Crippen molar-refractivity contribution in [1.29, 1.82) is 0 Å². The van der Waals surface area contributed by atoms with Crippen LogP contribution in [-0.2, 0) is 0 Å². The number of aromatic nitrogens is 3. The molecule has 1 aromatic carbocycles. The van der Waals surface area contributed by atoms with Crippen LogP contribution >= 0.6 is 11.3 Å². The number of aryl methyl sites for hydroxylation is 1. The average molecular weight is 442 g/mol. The van der Waals surface area contributed by atoms with Gasteiger partial charge in [-0.05, 0) is 50.1 Å². The second-order valence-electron chi connectivity index (χ2n) is 7.83. The Kier molecular flexibility index (Phi) is 5.64. The molecule has 0 aliphatic carbocycles. The molecular formula is C25H23N5OS. The third kappa shape index (κ3) is 4.24. The molecule has 1 aliphatic rings. The number of hydrogen-bond acceptors (Lipinski definition) is 6. The van der Waals surface area contributed by atoms with E-state index >= 15 is 0 Å². The van der Waals surface area contributed by atoms with E-state index in [1.165, 1.54) is 0 Å². The number of nitrogens with zero attached hydrogens (tertiary/aromatic N) is 4. The summed E-state index contributed by atoms with van der Waals surface area (Å²) in [5, 5.41) is 5.32. The first-order valence-corrected chi connectivity index (χ1v) is 11.5. The molecule has 1 aliphatic heterocycles. The number of amides is 1. The lowest BCUT2D eigenvalue weighted by Crippen LogP contribution is -2.31. The molecule has 5 rings (SSSR count). The van der Waals surface area contributed by atoms with Gasteiger partial charge in [0.2, 0.25) is 0 Å². The highest BCUT2D eigenvalue weighted by Crippen LogP contribution is 2.34. The molecule has 6 nitrogen and oxygen atoms in total. The number of hydrogen-bond donors (Lipinski definition) is 1. The van der Waals surface area contributed by atoms with Gasteiger partial charge in [-0.2, -0.15) is 0 Å². The van der Waals surface area contributed by atoms with Crippen LogP contribution < -0.4 is 5.32 Å². The molecule has 7 heteroatoms. The van der Waals surface area contributed by atoms with Crippen molar-refractivity contribution in [3.8, 4) is 11.3 Å². The number of likely N-dealkylation sites (tertiary alicyclic amines) is 1. The SMILES string of the molecule is Cc1cc(C(=O)N2CCC[C@H]2c2nc(Nc3ccccc3)cc(-c3cccnc3)n2)cs1. The van der Waals surface area contributed by atoms with E-state index in [0.29, 0.717) is 18.2 Å². The van der Waals surface area contributed by atoms with E-state index < -0.39 is 0 Å². The topological polar surface area (TPSA) is 71.0 Å². The lowest BCUT2D eigenvalue weighted by Gasteiger charge is -2.24. The predicted octanol–water partition coefficient (Wildman–Crippen LogP) is 5.63.